The average molecular weight is 304 g/mol. The SMILES string of the molecule is CN(C)CCNCCC(=O)Nc1cc(Cl)cc(Cl)c1. The highest BCUT2D eigenvalue weighted by atomic mass is 35.5. The Labute approximate surface area is 124 Å². The zero-order valence-electron chi connectivity index (χ0n) is 11.2. The van der Waals surface area contributed by atoms with E-state index >= 15 is 0 Å². The van der Waals surface area contributed by atoms with Gasteiger partial charge in [-0.25, -0.2) is 0 Å². The predicted octanol–water partition coefficient (Wildman–Crippen LogP) is 2.47. The fourth-order valence-corrected chi connectivity index (χ4v) is 2.01. The van der Waals surface area contributed by atoms with Gasteiger partial charge in [0.1, 0.15) is 0 Å². The second kappa shape index (κ2) is 8.38. The highest BCUT2D eigenvalue weighted by Crippen LogP contribution is 2.22. The van der Waals surface area contributed by atoms with Gasteiger partial charge in [-0.15, -0.1) is 0 Å². The maximum absolute atomic E-state index is 11.7. The Kier molecular flexibility index (Phi) is 7.16. The third kappa shape index (κ3) is 7.38. The van der Waals surface area contributed by atoms with Gasteiger partial charge in [-0.3, -0.25) is 4.79 Å². The number of likely N-dealkylation sites (N-methyl/N-ethyl adjacent to an activating group) is 1. The summed E-state index contributed by atoms with van der Waals surface area (Å²) in [5, 5.41) is 6.98. The Morgan fingerprint density at radius 3 is 2.37 bits per heavy atom. The molecule has 0 aliphatic rings. The lowest BCUT2D eigenvalue weighted by atomic mass is 10.3. The van der Waals surface area contributed by atoms with Crippen molar-refractivity contribution in [2.24, 2.45) is 0 Å². The highest BCUT2D eigenvalue weighted by Gasteiger charge is 2.04. The molecule has 1 amide bonds. The molecule has 106 valence electrons. The molecule has 19 heavy (non-hydrogen) atoms. The van der Waals surface area contributed by atoms with E-state index in [1.165, 1.54) is 0 Å². The van der Waals surface area contributed by atoms with E-state index in [1.54, 1.807) is 18.2 Å². The van der Waals surface area contributed by atoms with Crippen LogP contribution in [0, 0.1) is 0 Å². The van der Waals surface area contributed by atoms with Crippen LogP contribution in [0.3, 0.4) is 0 Å². The zero-order chi connectivity index (χ0) is 14.3. The molecule has 0 saturated heterocycles. The molecule has 0 aromatic heterocycles. The van der Waals surface area contributed by atoms with Crippen molar-refractivity contribution >= 4 is 34.8 Å². The van der Waals surface area contributed by atoms with E-state index in [1.807, 2.05) is 14.1 Å². The van der Waals surface area contributed by atoms with Crippen molar-refractivity contribution in [2.45, 2.75) is 6.42 Å². The lowest BCUT2D eigenvalue weighted by Gasteiger charge is -2.10. The van der Waals surface area contributed by atoms with Crippen LogP contribution in [0.15, 0.2) is 18.2 Å². The minimum Gasteiger partial charge on any atom is -0.326 e. The topological polar surface area (TPSA) is 44.4 Å². The lowest BCUT2D eigenvalue weighted by molar-refractivity contribution is -0.116. The van der Waals surface area contributed by atoms with Gasteiger partial charge in [-0.05, 0) is 32.3 Å². The first-order valence-electron chi connectivity index (χ1n) is 6.09. The molecule has 0 saturated carbocycles. The van der Waals surface area contributed by atoms with E-state index < -0.39 is 0 Å². The highest BCUT2D eigenvalue weighted by molar-refractivity contribution is 6.35. The lowest BCUT2D eigenvalue weighted by Crippen LogP contribution is -2.29. The van der Waals surface area contributed by atoms with Crippen LogP contribution in [0.2, 0.25) is 10.0 Å². The van der Waals surface area contributed by atoms with Gasteiger partial charge in [0.2, 0.25) is 5.91 Å². The van der Waals surface area contributed by atoms with Gasteiger partial charge < -0.3 is 15.5 Å². The van der Waals surface area contributed by atoms with Crippen LogP contribution >= 0.6 is 23.2 Å². The van der Waals surface area contributed by atoms with E-state index in [-0.39, 0.29) is 5.91 Å². The summed E-state index contributed by atoms with van der Waals surface area (Å²) in [5.74, 6) is -0.0595. The van der Waals surface area contributed by atoms with Gasteiger partial charge in [0, 0.05) is 41.8 Å². The zero-order valence-corrected chi connectivity index (χ0v) is 12.7. The Morgan fingerprint density at radius 2 is 1.79 bits per heavy atom. The summed E-state index contributed by atoms with van der Waals surface area (Å²) < 4.78 is 0. The molecule has 0 fully saturated rings. The van der Waals surface area contributed by atoms with Crippen LogP contribution in [-0.4, -0.2) is 44.5 Å². The number of halogens is 2. The first kappa shape index (κ1) is 16.2. The number of hydrogen-bond acceptors (Lipinski definition) is 3. The Balaban J connectivity index is 2.27. The number of benzene rings is 1. The van der Waals surface area contributed by atoms with Crippen molar-refractivity contribution in [2.75, 3.05) is 39.0 Å². The second-order valence-corrected chi connectivity index (χ2v) is 5.38. The molecule has 4 nitrogen and oxygen atoms in total. The van der Waals surface area contributed by atoms with Crippen molar-refractivity contribution in [3.8, 4) is 0 Å². The standard InChI is InChI=1S/C13H19Cl2N3O/c1-18(2)6-5-16-4-3-13(19)17-12-8-10(14)7-11(15)9-12/h7-9,16H,3-6H2,1-2H3,(H,17,19). The van der Waals surface area contributed by atoms with Gasteiger partial charge in [0.15, 0.2) is 0 Å². The molecule has 0 aliphatic heterocycles. The predicted molar refractivity (Wildman–Crippen MR) is 81.1 cm³/mol. The summed E-state index contributed by atoms with van der Waals surface area (Å²) in [4.78, 5) is 13.8. The van der Waals surface area contributed by atoms with Gasteiger partial charge >= 0.3 is 0 Å². The summed E-state index contributed by atoms with van der Waals surface area (Å²) in [6, 6.07) is 4.97. The Bertz CT molecular complexity index is 404. The number of anilines is 1. The Morgan fingerprint density at radius 1 is 1.16 bits per heavy atom. The normalized spacial score (nSPS) is 10.8. The molecule has 0 heterocycles. The molecular weight excluding hydrogens is 285 g/mol. The van der Waals surface area contributed by atoms with E-state index in [0.29, 0.717) is 28.7 Å². The number of hydrogen-bond donors (Lipinski definition) is 2. The van der Waals surface area contributed by atoms with Crippen LogP contribution in [-0.2, 0) is 4.79 Å². The quantitative estimate of drug-likeness (QED) is 0.761. The molecule has 1 rings (SSSR count). The van der Waals surface area contributed by atoms with Gasteiger partial charge in [0.05, 0.1) is 0 Å². The minimum atomic E-state index is -0.0595. The molecule has 0 bridgehead atoms. The van der Waals surface area contributed by atoms with Crippen molar-refractivity contribution in [3.05, 3.63) is 28.2 Å². The fraction of sp³-hybridized carbons (Fsp3) is 0.462. The fourth-order valence-electron chi connectivity index (χ4n) is 1.48. The van der Waals surface area contributed by atoms with Crippen molar-refractivity contribution < 1.29 is 4.79 Å². The summed E-state index contributed by atoms with van der Waals surface area (Å²) >= 11 is 11.7. The summed E-state index contributed by atoms with van der Waals surface area (Å²) in [5.41, 5.74) is 0.621. The first-order chi connectivity index (χ1) is 8.97. The molecule has 1 aromatic rings. The minimum absolute atomic E-state index is 0.0595. The monoisotopic (exact) mass is 303 g/mol. The molecule has 0 radical (unpaired) electrons. The Hall–Kier alpha value is -0.810. The summed E-state index contributed by atoms with van der Waals surface area (Å²) in [6.45, 7) is 2.46. The van der Waals surface area contributed by atoms with E-state index in [2.05, 4.69) is 15.5 Å². The summed E-state index contributed by atoms with van der Waals surface area (Å²) in [7, 11) is 4.02. The number of nitrogens with zero attached hydrogens (tertiary/aromatic N) is 1. The molecule has 0 aliphatic carbocycles. The first-order valence-corrected chi connectivity index (χ1v) is 6.84. The maximum atomic E-state index is 11.7. The maximum Gasteiger partial charge on any atom is 0.225 e. The number of amides is 1. The number of nitrogens with one attached hydrogen (secondary N) is 2. The van der Waals surface area contributed by atoms with Gasteiger partial charge in [-0.2, -0.15) is 0 Å². The molecular formula is C13H19Cl2N3O. The second-order valence-electron chi connectivity index (χ2n) is 4.51. The van der Waals surface area contributed by atoms with E-state index in [4.69, 9.17) is 23.2 Å². The van der Waals surface area contributed by atoms with E-state index in [0.717, 1.165) is 13.1 Å². The molecule has 0 atom stereocenters. The van der Waals surface area contributed by atoms with Crippen molar-refractivity contribution in [1.29, 1.82) is 0 Å². The smallest absolute Gasteiger partial charge is 0.225 e. The molecule has 0 spiro atoms. The molecule has 1 aromatic carbocycles. The van der Waals surface area contributed by atoms with Gasteiger partial charge in [0.25, 0.3) is 0 Å². The average Bonchev–Trinajstić information content (AvgIpc) is 2.26. The van der Waals surface area contributed by atoms with Crippen LogP contribution < -0.4 is 10.6 Å². The largest absolute Gasteiger partial charge is 0.326 e. The van der Waals surface area contributed by atoms with Crippen LogP contribution in [0.1, 0.15) is 6.42 Å². The number of rotatable bonds is 7. The number of carbonyl (C=O) groups excluding carboxylic acids is 1. The molecule has 2 N–H and O–H groups in total. The summed E-state index contributed by atoms with van der Waals surface area (Å²) in [6.07, 6.45) is 0.414. The van der Waals surface area contributed by atoms with E-state index in [9.17, 15) is 4.79 Å². The number of carbonyl (C=O) groups is 1. The third-order valence-electron chi connectivity index (χ3n) is 2.41. The molecule has 6 heteroatoms. The van der Waals surface area contributed by atoms with Crippen LogP contribution in [0.25, 0.3) is 0 Å². The van der Waals surface area contributed by atoms with Crippen molar-refractivity contribution in [1.82, 2.24) is 10.2 Å². The van der Waals surface area contributed by atoms with Crippen molar-refractivity contribution in [3.63, 3.8) is 0 Å². The third-order valence-corrected chi connectivity index (χ3v) is 2.85. The molecule has 0 unspecified atom stereocenters. The van der Waals surface area contributed by atoms with Crippen LogP contribution in [0.4, 0.5) is 5.69 Å². The van der Waals surface area contributed by atoms with Gasteiger partial charge in [-0.1, -0.05) is 23.2 Å². The van der Waals surface area contributed by atoms with Crippen LogP contribution in [0.5, 0.6) is 0 Å².